The van der Waals surface area contributed by atoms with E-state index in [1.54, 1.807) is 30.6 Å². The van der Waals surface area contributed by atoms with Crippen molar-refractivity contribution in [3.05, 3.63) is 78.9 Å². The highest BCUT2D eigenvalue weighted by Crippen LogP contribution is 2.25. The predicted octanol–water partition coefficient (Wildman–Crippen LogP) is 4.68. The summed E-state index contributed by atoms with van der Waals surface area (Å²) in [5.41, 5.74) is 2.20. The Morgan fingerprint density at radius 2 is 1.68 bits per heavy atom. The van der Waals surface area contributed by atoms with E-state index in [2.05, 4.69) is 20.3 Å². The van der Waals surface area contributed by atoms with Gasteiger partial charge in [0, 0.05) is 17.4 Å². The quantitative estimate of drug-likeness (QED) is 0.588. The molecule has 0 fully saturated rings. The van der Waals surface area contributed by atoms with Crippen LogP contribution in [-0.2, 0) is 0 Å². The average Bonchev–Trinajstić information content (AvgIpc) is 3.15. The van der Waals surface area contributed by atoms with Crippen LogP contribution in [0.1, 0.15) is 0 Å². The number of halogens is 1. The first-order valence-electron chi connectivity index (χ1n) is 7.65. The summed E-state index contributed by atoms with van der Waals surface area (Å²) in [6, 6.07) is 17.4. The number of oxazole rings is 1. The molecular weight excluding hydrogens is 319 g/mol. The van der Waals surface area contributed by atoms with Crippen LogP contribution < -0.4 is 5.32 Å². The van der Waals surface area contributed by atoms with Crippen LogP contribution in [0, 0.1) is 5.82 Å². The topological polar surface area (TPSA) is 63.8 Å². The number of rotatable bonds is 4. The van der Waals surface area contributed by atoms with Crippen molar-refractivity contribution in [3.63, 3.8) is 0 Å². The first-order valence-corrected chi connectivity index (χ1v) is 7.65. The third-order valence-corrected chi connectivity index (χ3v) is 3.53. The second kappa shape index (κ2) is 6.52. The molecule has 2 aromatic heterocycles. The van der Waals surface area contributed by atoms with E-state index >= 15 is 0 Å². The van der Waals surface area contributed by atoms with Gasteiger partial charge in [-0.2, -0.15) is 0 Å². The highest BCUT2D eigenvalue weighted by Gasteiger charge is 2.10. The largest absolute Gasteiger partial charge is 0.434 e. The van der Waals surface area contributed by atoms with Crippen molar-refractivity contribution in [2.24, 2.45) is 0 Å². The van der Waals surface area contributed by atoms with Gasteiger partial charge in [0.2, 0.25) is 11.8 Å². The Kier molecular flexibility index (Phi) is 3.92. The third kappa shape index (κ3) is 3.37. The standard InChI is InChI=1S/C19H13FN4O/c20-14-6-8-15(9-7-14)23-19-21-11-10-16(24-19)17-12-22-18(25-17)13-4-2-1-3-5-13/h1-12H,(H,21,23,24). The summed E-state index contributed by atoms with van der Waals surface area (Å²) in [5.74, 6) is 1.17. The Bertz CT molecular complexity index is 984. The van der Waals surface area contributed by atoms with Crippen LogP contribution in [0.5, 0.6) is 0 Å². The van der Waals surface area contributed by atoms with Crippen molar-refractivity contribution in [2.45, 2.75) is 0 Å². The van der Waals surface area contributed by atoms with Gasteiger partial charge in [0.1, 0.15) is 11.5 Å². The number of benzene rings is 2. The minimum atomic E-state index is -0.296. The summed E-state index contributed by atoms with van der Waals surface area (Å²) in [6.07, 6.45) is 3.26. The van der Waals surface area contributed by atoms with Gasteiger partial charge in [-0.05, 0) is 42.5 Å². The lowest BCUT2D eigenvalue weighted by molar-refractivity contribution is 0.586. The minimum absolute atomic E-state index is 0.296. The molecule has 4 aromatic rings. The van der Waals surface area contributed by atoms with Gasteiger partial charge in [-0.25, -0.2) is 19.3 Å². The molecule has 0 amide bonds. The number of aromatic nitrogens is 3. The Morgan fingerprint density at radius 3 is 2.48 bits per heavy atom. The van der Waals surface area contributed by atoms with Gasteiger partial charge in [-0.3, -0.25) is 0 Å². The van der Waals surface area contributed by atoms with E-state index < -0.39 is 0 Å². The van der Waals surface area contributed by atoms with E-state index in [0.29, 0.717) is 29.0 Å². The Morgan fingerprint density at radius 1 is 0.880 bits per heavy atom. The fourth-order valence-electron chi connectivity index (χ4n) is 2.33. The average molecular weight is 332 g/mol. The normalized spacial score (nSPS) is 10.6. The van der Waals surface area contributed by atoms with Crippen LogP contribution in [0.25, 0.3) is 22.9 Å². The van der Waals surface area contributed by atoms with E-state index in [4.69, 9.17) is 4.42 Å². The summed E-state index contributed by atoms with van der Waals surface area (Å²) in [7, 11) is 0. The smallest absolute Gasteiger partial charge is 0.227 e. The minimum Gasteiger partial charge on any atom is -0.434 e. The van der Waals surface area contributed by atoms with Gasteiger partial charge in [0.25, 0.3) is 0 Å². The molecule has 4 rings (SSSR count). The fraction of sp³-hybridized carbons (Fsp3) is 0. The van der Waals surface area contributed by atoms with Gasteiger partial charge in [-0.1, -0.05) is 18.2 Å². The number of anilines is 2. The van der Waals surface area contributed by atoms with Gasteiger partial charge in [0.15, 0.2) is 5.76 Å². The first-order chi connectivity index (χ1) is 12.3. The summed E-state index contributed by atoms with van der Waals surface area (Å²) in [4.78, 5) is 12.9. The molecule has 0 saturated heterocycles. The van der Waals surface area contributed by atoms with Crippen molar-refractivity contribution in [2.75, 3.05) is 5.32 Å². The summed E-state index contributed by atoms with van der Waals surface area (Å²) >= 11 is 0. The van der Waals surface area contributed by atoms with Crippen LogP contribution in [0.3, 0.4) is 0 Å². The van der Waals surface area contributed by atoms with Crippen molar-refractivity contribution >= 4 is 11.6 Å². The zero-order chi connectivity index (χ0) is 17.1. The van der Waals surface area contributed by atoms with Gasteiger partial charge in [-0.15, -0.1) is 0 Å². The van der Waals surface area contributed by atoms with Crippen LogP contribution in [0.4, 0.5) is 16.0 Å². The predicted molar refractivity (Wildman–Crippen MR) is 92.6 cm³/mol. The summed E-state index contributed by atoms with van der Waals surface area (Å²) in [5, 5.41) is 3.03. The van der Waals surface area contributed by atoms with Crippen LogP contribution in [0.2, 0.25) is 0 Å². The lowest BCUT2D eigenvalue weighted by Crippen LogP contribution is -1.97. The third-order valence-electron chi connectivity index (χ3n) is 3.53. The maximum Gasteiger partial charge on any atom is 0.227 e. The van der Waals surface area contributed by atoms with Crippen LogP contribution >= 0.6 is 0 Å². The van der Waals surface area contributed by atoms with E-state index in [1.807, 2.05) is 30.3 Å². The molecule has 5 nitrogen and oxygen atoms in total. The maximum atomic E-state index is 13.0. The first kappa shape index (κ1) is 15.0. The molecule has 2 heterocycles. The van der Waals surface area contributed by atoms with Crippen molar-refractivity contribution in [3.8, 4) is 22.9 Å². The van der Waals surface area contributed by atoms with Gasteiger partial charge < -0.3 is 9.73 Å². The van der Waals surface area contributed by atoms with Crippen LogP contribution in [-0.4, -0.2) is 15.0 Å². The second-order valence-corrected chi connectivity index (χ2v) is 5.29. The van der Waals surface area contributed by atoms with E-state index in [-0.39, 0.29) is 5.82 Å². The molecule has 0 bridgehead atoms. The number of hydrogen-bond donors (Lipinski definition) is 1. The van der Waals surface area contributed by atoms with E-state index in [9.17, 15) is 4.39 Å². The van der Waals surface area contributed by atoms with Crippen molar-refractivity contribution < 1.29 is 8.81 Å². The molecule has 2 aromatic carbocycles. The number of nitrogens with one attached hydrogen (secondary N) is 1. The highest BCUT2D eigenvalue weighted by atomic mass is 19.1. The molecule has 1 N–H and O–H groups in total. The molecule has 122 valence electrons. The zero-order valence-corrected chi connectivity index (χ0v) is 13.1. The Balaban J connectivity index is 1.59. The monoisotopic (exact) mass is 332 g/mol. The number of hydrogen-bond acceptors (Lipinski definition) is 5. The SMILES string of the molecule is Fc1ccc(Nc2nccc(-c3cnc(-c4ccccc4)o3)n2)cc1. The van der Waals surface area contributed by atoms with E-state index in [0.717, 1.165) is 5.56 Å². The van der Waals surface area contributed by atoms with Gasteiger partial charge in [0.05, 0.1) is 6.20 Å². The molecule has 0 aliphatic carbocycles. The molecular formula is C19H13FN4O. The highest BCUT2D eigenvalue weighted by molar-refractivity contribution is 5.60. The van der Waals surface area contributed by atoms with Crippen molar-refractivity contribution in [1.29, 1.82) is 0 Å². The lowest BCUT2D eigenvalue weighted by Gasteiger charge is -2.05. The molecule has 0 radical (unpaired) electrons. The molecule has 0 spiro atoms. The van der Waals surface area contributed by atoms with Gasteiger partial charge >= 0.3 is 0 Å². The second-order valence-electron chi connectivity index (χ2n) is 5.29. The number of nitrogens with zero attached hydrogens (tertiary/aromatic N) is 3. The molecule has 0 atom stereocenters. The summed E-state index contributed by atoms with van der Waals surface area (Å²) < 4.78 is 18.8. The summed E-state index contributed by atoms with van der Waals surface area (Å²) in [6.45, 7) is 0. The Hall–Kier alpha value is -3.54. The fourth-order valence-corrected chi connectivity index (χ4v) is 2.33. The molecule has 25 heavy (non-hydrogen) atoms. The van der Waals surface area contributed by atoms with Crippen molar-refractivity contribution in [1.82, 2.24) is 15.0 Å². The molecule has 6 heteroatoms. The molecule has 0 aliphatic heterocycles. The molecule has 0 unspecified atom stereocenters. The molecule has 0 saturated carbocycles. The molecule has 0 aliphatic rings. The Labute approximate surface area is 143 Å². The van der Waals surface area contributed by atoms with E-state index in [1.165, 1.54) is 12.1 Å². The maximum absolute atomic E-state index is 13.0. The lowest BCUT2D eigenvalue weighted by atomic mass is 10.2. The zero-order valence-electron chi connectivity index (χ0n) is 13.1. The van der Waals surface area contributed by atoms with Crippen LogP contribution in [0.15, 0.2) is 77.5 Å².